The van der Waals surface area contributed by atoms with E-state index in [9.17, 15) is 0 Å². The van der Waals surface area contributed by atoms with Crippen molar-refractivity contribution in [1.29, 1.82) is 0 Å². The van der Waals surface area contributed by atoms with Gasteiger partial charge in [-0.1, -0.05) is 12.8 Å². The minimum atomic E-state index is 0.318. The quantitative estimate of drug-likeness (QED) is 0.665. The fraction of sp³-hybridized carbons (Fsp3) is 0.765. The first-order chi connectivity index (χ1) is 11.1. The second-order valence-corrected chi connectivity index (χ2v) is 7.16. The molecular weight excluding hydrogens is 288 g/mol. The van der Waals surface area contributed by atoms with E-state index in [0.29, 0.717) is 17.9 Å². The highest BCUT2D eigenvalue weighted by atomic mass is 15.1. The molecule has 2 fully saturated rings. The molecule has 0 atom stereocenters. The van der Waals surface area contributed by atoms with E-state index < -0.39 is 0 Å². The van der Waals surface area contributed by atoms with E-state index in [0.717, 1.165) is 49.9 Å². The summed E-state index contributed by atoms with van der Waals surface area (Å²) in [7, 11) is 2.25. The molecule has 128 valence electrons. The highest BCUT2D eigenvalue weighted by Crippen LogP contribution is 2.35. The summed E-state index contributed by atoms with van der Waals surface area (Å²) in [5, 5.41) is 3.40. The number of hydrogen-bond acceptors (Lipinski definition) is 6. The van der Waals surface area contributed by atoms with Crippen LogP contribution in [0.2, 0.25) is 0 Å². The third-order valence-corrected chi connectivity index (χ3v) is 5.30. The van der Waals surface area contributed by atoms with Gasteiger partial charge in [0.05, 0.1) is 5.69 Å². The number of hydrogen-bond donors (Lipinski definition) is 3. The average molecular weight is 318 g/mol. The molecule has 2 aliphatic carbocycles. The summed E-state index contributed by atoms with van der Waals surface area (Å²) in [6.45, 7) is 2.04. The summed E-state index contributed by atoms with van der Waals surface area (Å²) in [6, 6.07) is 3.14. The summed E-state index contributed by atoms with van der Waals surface area (Å²) >= 11 is 0. The number of rotatable bonds is 7. The van der Waals surface area contributed by atoms with Crippen LogP contribution in [0.1, 0.15) is 56.6 Å². The van der Waals surface area contributed by atoms with Gasteiger partial charge in [-0.05, 0) is 45.7 Å². The molecule has 5 N–H and O–H groups in total. The lowest BCUT2D eigenvalue weighted by Crippen LogP contribution is -2.35. The number of nitrogens with two attached hydrogens (primary N) is 2. The van der Waals surface area contributed by atoms with Crippen LogP contribution in [0.5, 0.6) is 0 Å². The standard InChI is InChI=1S/C17H30N6/c1-23(14-5-2-3-6-14)8-4-7-20-16-11-15(21-17(19)22-16)12-9-13(18)10-12/h11-14H,2-10,18H2,1H3,(H3,19,20,21,22). The maximum atomic E-state index is 5.87. The van der Waals surface area contributed by atoms with E-state index in [1.165, 1.54) is 25.7 Å². The van der Waals surface area contributed by atoms with Gasteiger partial charge >= 0.3 is 0 Å². The molecule has 2 aliphatic rings. The predicted molar refractivity (Wildman–Crippen MR) is 94.4 cm³/mol. The molecule has 1 aromatic rings. The fourth-order valence-electron chi connectivity index (χ4n) is 3.76. The summed E-state index contributed by atoms with van der Waals surface area (Å²) in [6.07, 6.45) is 8.62. The Hall–Kier alpha value is -1.40. The van der Waals surface area contributed by atoms with Crippen molar-refractivity contribution in [3.8, 4) is 0 Å². The lowest BCUT2D eigenvalue weighted by Gasteiger charge is -2.32. The Labute approximate surface area is 139 Å². The Morgan fingerprint density at radius 1 is 1.26 bits per heavy atom. The van der Waals surface area contributed by atoms with Gasteiger partial charge in [-0.25, -0.2) is 4.98 Å². The van der Waals surface area contributed by atoms with Crippen molar-refractivity contribution in [2.45, 2.75) is 62.9 Å². The molecule has 23 heavy (non-hydrogen) atoms. The van der Waals surface area contributed by atoms with Gasteiger partial charge in [-0.2, -0.15) is 4.98 Å². The van der Waals surface area contributed by atoms with Crippen molar-refractivity contribution in [3.05, 3.63) is 11.8 Å². The Balaban J connectivity index is 1.44. The van der Waals surface area contributed by atoms with Crippen LogP contribution < -0.4 is 16.8 Å². The molecule has 1 aromatic heterocycles. The Bertz CT molecular complexity index is 508. The highest BCUT2D eigenvalue weighted by molar-refractivity contribution is 5.41. The van der Waals surface area contributed by atoms with E-state index in [-0.39, 0.29) is 0 Å². The highest BCUT2D eigenvalue weighted by Gasteiger charge is 2.29. The van der Waals surface area contributed by atoms with Crippen LogP contribution in [-0.2, 0) is 0 Å². The third-order valence-electron chi connectivity index (χ3n) is 5.30. The topological polar surface area (TPSA) is 93.1 Å². The number of aromatic nitrogens is 2. The zero-order chi connectivity index (χ0) is 16.2. The first kappa shape index (κ1) is 16.5. The summed E-state index contributed by atoms with van der Waals surface area (Å²) < 4.78 is 0. The van der Waals surface area contributed by atoms with Crippen molar-refractivity contribution >= 4 is 11.8 Å². The summed E-state index contributed by atoms with van der Waals surface area (Å²) in [5.41, 5.74) is 12.7. The van der Waals surface area contributed by atoms with E-state index >= 15 is 0 Å². The number of nitrogen functional groups attached to an aromatic ring is 1. The lowest BCUT2D eigenvalue weighted by atomic mass is 9.78. The number of nitrogens with one attached hydrogen (secondary N) is 1. The monoisotopic (exact) mass is 318 g/mol. The van der Waals surface area contributed by atoms with Crippen molar-refractivity contribution in [3.63, 3.8) is 0 Å². The molecule has 0 aromatic carbocycles. The maximum Gasteiger partial charge on any atom is 0.222 e. The smallest absolute Gasteiger partial charge is 0.222 e. The zero-order valence-corrected chi connectivity index (χ0v) is 14.2. The van der Waals surface area contributed by atoms with Crippen LogP contribution in [-0.4, -0.2) is 47.1 Å². The molecule has 6 nitrogen and oxygen atoms in total. The van der Waals surface area contributed by atoms with Gasteiger partial charge in [-0.15, -0.1) is 0 Å². The fourth-order valence-corrected chi connectivity index (χ4v) is 3.76. The van der Waals surface area contributed by atoms with Gasteiger partial charge < -0.3 is 21.7 Å². The Morgan fingerprint density at radius 3 is 2.70 bits per heavy atom. The van der Waals surface area contributed by atoms with Gasteiger partial charge in [-0.3, -0.25) is 0 Å². The van der Waals surface area contributed by atoms with Crippen molar-refractivity contribution in [2.75, 3.05) is 31.2 Å². The average Bonchev–Trinajstić information content (AvgIpc) is 3.02. The molecule has 1 heterocycles. The molecule has 0 bridgehead atoms. The van der Waals surface area contributed by atoms with E-state index in [1.807, 2.05) is 6.07 Å². The van der Waals surface area contributed by atoms with E-state index in [1.54, 1.807) is 0 Å². The molecule has 0 radical (unpaired) electrons. The van der Waals surface area contributed by atoms with Crippen molar-refractivity contribution in [1.82, 2.24) is 14.9 Å². The van der Waals surface area contributed by atoms with Gasteiger partial charge in [0, 0.05) is 30.6 Å². The minimum Gasteiger partial charge on any atom is -0.370 e. The predicted octanol–water partition coefficient (Wildman–Crippen LogP) is 1.94. The van der Waals surface area contributed by atoms with Crippen LogP contribution in [0.3, 0.4) is 0 Å². The molecule has 0 spiro atoms. The van der Waals surface area contributed by atoms with Crippen LogP contribution in [0, 0.1) is 0 Å². The molecule has 0 aliphatic heterocycles. The van der Waals surface area contributed by atoms with Crippen molar-refractivity contribution < 1.29 is 0 Å². The molecule has 0 unspecified atom stereocenters. The lowest BCUT2D eigenvalue weighted by molar-refractivity contribution is 0.245. The minimum absolute atomic E-state index is 0.318. The summed E-state index contributed by atoms with van der Waals surface area (Å²) in [5.74, 6) is 1.65. The Morgan fingerprint density at radius 2 is 2.00 bits per heavy atom. The zero-order valence-electron chi connectivity index (χ0n) is 14.2. The molecule has 6 heteroatoms. The largest absolute Gasteiger partial charge is 0.370 e. The first-order valence-corrected chi connectivity index (χ1v) is 8.96. The molecule has 0 amide bonds. The van der Waals surface area contributed by atoms with Gasteiger partial charge in [0.1, 0.15) is 5.82 Å². The van der Waals surface area contributed by atoms with Crippen LogP contribution in [0.15, 0.2) is 6.07 Å². The maximum absolute atomic E-state index is 5.87. The molecular formula is C17H30N6. The second kappa shape index (κ2) is 7.45. The van der Waals surface area contributed by atoms with Gasteiger partial charge in [0.15, 0.2) is 0 Å². The number of anilines is 2. The van der Waals surface area contributed by atoms with Crippen molar-refractivity contribution in [2.24, 2.45) is 5.73 Å². The normalized spacial score (nSPS) is 24.8. The first-order valence-electron chi connectivity index (χ1n) is 8.96. The van der Waals surface area contributed by atoms with E-state index in [4.69, 9.17) is 11.5 Å². The van der Waals surface area contributed by atoms with Crippen LogP contribution in [0.25, 0.3) is 0 Å². The Kier molecular flexibility index (Phi) is 5.33. The van der Waals surface area contributed by atoms with Gasteiger partial charge in [0.25, 0.3) is 0 Å². The SMILES string of the molecule is CN(CCCNc1cc(C2CC(N)C2)nc(N)n1)C1CCCC1. The molecule has 2 saturated carbocycles. The number of nitrogens with zero attached hydrogens (tertiary/aromatic N) is 3. The third kappa shape index (κ3) is 4.32. The summed E-state index contributed by atoms with van der Waals surface area (Å²) in [4.78, 5) is 11.2. The van der Waals surface area contributed by atoms with E-state index in [2.05, 4.69) is 27.2 Å². The molecule has 3 rings (SSSR count). The molecule has 0 saturated heterocycles. The van der Waals surface area contributed by atoms with Gasteiger partial charge in [0.2, 0.25) is 5.95 Å². The van der Waals surface area contributed by atoms with Crippen LogP contribution in [0.4, 0.5) is 11.8 Å². The van der Waals surface area contributed by atoms with Crippen LogP contribution >= 0.6 is 0 Å². The second-order valence-electron chi connectivity index (χ2n) is 7.16.